The summed E-state index contributed by atoms with van der Waals surface area (Å²) in [7, 11) is 0. The van der Waals surface area contributed by atoms with E-state index in [2.05, 4.69) is 10.5 Å². The van der Waals surface area contributed by atoms with Crippen LogP contribution in [0.15, 0.2) is 47.6 Å². The Morgan fingerprint density at radius 1 is 1.21 bits per heavy atom. The van der Waals surface area contributed by atoms with Crippen molar-refractivity contribution in [1.29, 1.82) is 0 Å². The Bertz CT molecular complexity index is 732. The van der Waals surface area contributed by atoms with Crippen LogP contribution in [-0.2, 0) is 11.4 Å². The van der Waals surface area contributed by atoms with E-state index in [1.165, 1.54) is 19.2 Å². The van der Waals surface area contributed by atoms with Gasteiger partial charge in [0.15, 0.2) is 11.5 Å². The van der Waals surface area contributed by atoms with E-state index >= 15 is 0 Å². The number of nitrogens with one attached hydrogen (secondary N) is 1. The molecule has 0 atom stereocenters. The summed E-state index contributed by atoms with van der Waals surface area (Å²) in [6, 6.07) is 11.7. The molecule has 24 heavy (non-hydrogen) atoms. The predicted molar refractivity (Wildman–Crippen MR) is 89.8 cm³/mol. The Morgan fingerprint density at radius 2 is 2.00 bits per heavy atom. The van der Waals surface area contributed by atoms with Gasteiger partial charge in [0, 0.05) is 12.5 Å². The minimum Gasteiger partial charge on any atom is -0.490 e. The highest BCUT2D eigenvalue weighted by Gasteiger charge is 2.08. The van der Waals surface area contributed by atoms with Crippen molar-refractivity contribution in [3.63, 3.8) is 0 Å². The Kier molecular flexibility index (Phi) is 6.31. The van der Waals surface area contributed by atoms with Gasteiger partial charge < -0.3 is 9.47 Å². The molecule has 0 heterocycles. The number of hydrogen-bond donors (Lipinski definition) is 1. The van der Waals surface area contributed by atoms with Crippen molar-refractivity contribution in [3.05, 3.63) is 59.4 Å². The van der Waals surface area contributed by atoms with Crippen LogP contribution in [0, 0.1) is 5.82 Å². The van der Waals surface area contributed by atoms with Gasteiger partial charge in [-0.25, -0.2) is 9.82 Å². The number of rotatable bonds is 7. The molecule has 0 bridgehead atoms. The SMILES string of the molecule is CCOc1cc(/C=N\NC(C)=O)ccc1OCc1ccccc1F. The molecule has 0 unspecified atom stereocenters. The van der Waals surface area contributed by atoms with Crippen LogP contribution in [0.4, 0.5) is 4.39 Å². The number of amides is 1. The third-order valence-electron chi connectivity index (χ3n) is 3.04. The van der Waals surface area contributed by atoms with Gasteiger partial charge in [-0.15, -0.1) is 0 Å². The number of hydrazone groups is 1. The third-order valence-corrected chi connectivity index (χ3v) is 3.04. The van der Waals surface area contributed by atoms with Gasteiger partial charge in [-0.05, 0) is 36.8 Å². The standard InChI is InChI=1S/C18H19FN2O3/c1-3-23-18-10-14(11-20-21-13(2)22)8-9-17(18)24-12-15-6-4-5-7-16(15)19/h4-11H,3,12H2,1-2H3,(H,21,22)/b20-11-. The van der Waals surface area contributed by atoms with Gasteiger partial charge >= 0.3 is 0 Å². The molecule has 6 heteroatoms. The highest BCUT2D eigenvalue weighted by molar-refractivity contribution is 5.82. The Hall–Kier alpha value is -2.89. The molecule has 1 amide bonds. The average Bonchev–Trinajstić information content (AvgIpc) is 2.55. The molecule has 0 aromatic heterocycles. The van der Waals surface area contributed by atoms with E-state index in [4.69, 9.17) is 9.47 Å². The quantitative estimate of drug-likeness (QED) is 0.626. The van der Waals surface area contributed by atoms with E-state index in [0.717, 1.165) is 5.56 Å². The average molecular weight is 330 g/mol. The number of nitrogens with zero attached hydrogens (tertiary/aromatic N) is 1. The number of carbonyl (C=O) groups excluding carboxylic acids is 1. The summed E-state index contributed by atoms with van der Waals surface area (Å²) in [6.07, 6.45) is 1.50. The molecule has 0 aliphatic heterocycles. The lowest BCUT2D eigenvalue weighted by atomic mass is 10.2. The van der Waals surface area contributed by atoms with Crippen molar-refractivity contribution in [1.82, 2.24) is 5.43 Å². The van der Waals surface area contributed by atoms with E-state index < -0.39 is 0 Å². The molecule has 1 N–H and O–H groups in total. The Morgan fingerprint density at radius 3 is 2.71 bits per heavy atom. The van der Waals surface area contributed by atoms with Crippen LogP contribution in [0.25, 0.3) is 0 Å². The Labute approximate surface area is 140 Å². The van der Waals surface area contributed by atoms with Crippen LogP contribution >= 0.6 is 0 Å². The molecule has 0 saturated heterocycles. The van der Waals surface area contributed by atoms with Gasteiger partial charge in [-0.1, -0.05) is 18.2 Å². The number of carbonyl (C=O) groups is 1. The van der Waals surface area contributed by atoms with Crippen molar-refractivity contribution in [3.8, 4) is 11.5 Å². The normalized spacial score (nSPS) is 10.6. The van der Waals surface area contributed by atoms with Gasteiger partial charge in [-0.3, -0.25) is 4.79 Å². The number of ether oxygens (including phenoxy) is 2. The monoisotopic (exact) mass is 330 g/mol. The summed E-state index contributed by atoms with van der Waals surface area (Å²) in [4.78, 5) is 10.8. The van der Waals surface area contributed by atoms with Crippen molar-refractivity contribution in [2.24, 2.45) is 5.10 Å². The van der Waals surface area contributed by atoms with Crippen molar-refractivity contribution in [2.45, 2.75) is 20.5 Å². The van der Waals surface area contributed by atoms with E-state index in [1.54, 1.807) is 36.4 Å². The molecule has 5 nitrogen and oxygen atoms in total. The summed E-state index contributed by atoms with van der Waals surface area (Å²) >= 11 is 0. The van der Waals surface area contributed by atoms with Crippen LogP contribution in [0.1, 0.15) is 25.0 Å². The molecular weight excluding hydrogens is 311 g/mol. The maximum atomic E-state index is 13.6. The molecule has 0 aliphatic rings. The summed E-state index contributed by atoms with van der Waals surface area (Å²) in [5.41, 5.74) is 3.54. The van der Waals surface area contributed by atoms with Crippen LogP contribution in [-0.4, -0.2) is 18.7 Å². The fourth-order valence-corrected chi connectivity index (χ4v) is 1.96. The first kappa shape index (κ1) is 17.5. The summed E-state index contributed by atoms with van der Waals surface area (Å²) in [5, 5.41) is 3.81. The van der Waals surface area contributed by atoms with E-state index in [0.29, 0.717) is 23.7 Å². The molecule has 0 spiro atoms. The number of benzene rings is 2. The van der Waals surface area contributed by atoms with Crippen LogP contribution in [0.3, 0.4) is 0 Å². The minimum absolute atomic E-state index is 0.103. The summed E-state index contributed by atoms with van der Waals surface area (Å²) in [6.45, 7) is 3.80. The van der Waals surface area contributed by atoms with Gasteiger partial charge in [0.2, 0.25) is 5.91 Å². The molecule has 2 aromatic rings. The fraction of sp³-hybridized carbons (Fsp3) is 0.222. The van der Waals surface area contributed by atoms with Gasteiger partial charge in [-0.2, -0.15) is 5.10 Å². The zero-order valence-corrected chi connectivity index (χ0v) is 13.6. The molecule has 0 saturated carbocycles. The molecule has 126 valence electrons. The largest absolute Gasteiger partial charge is 0.490 e. The smallest absolute Gasteiger partial charge is 0.236 e. The van der Waals surface area contributed by atoms with Crippen molar-refractivity contribution >= 4 is 12.1 Å². The second-order valence-electron chi connectivity index (χ2n) is 4.95. The van der Waals surface area contributed by atoms with Crippen LogP contribution in [0.5, 0.6) is 11.5 Å². The third kappa shape index (κ3) is 5.08. The van der Waals surface area contributed by atoms with E-state index in [1.807, 2.05) is 6.92 Å². The Balaban J connectivity index is 2.12. The molecular formula is C18H19FN2O3. The highest BCUT2D eigenvalue weighted by Crippen LogP contribution is 2.29. The number of hydrogen-bond acceptors (Lipinski definition) is 4. The maximum absolute atomic E-state index is 13.6. The van der Waals surface area contributed by atoms with Gasteiger partial charge in [0.1, 0.15) is 12.4 Å². The second kappa shape index (κ2) is 8.67. The zero-order valence-electron chi connectivity index (χ0n) is 13.6. The summed E-state index contributed by atoms with van der Waals surface area (Å²) in [5.74, 6) is 0.480. The molecule has 0 fully saturated rings. The first-order valence-corrected chi connectivity index (χ1v) is 7.53. The second-order valence-corrected chi connectivity index (χ2v) is 4.95. The molecule has 0 aliphatic carbocycles. The van der Waals surface area contributed by atoms with E-state index in [9.17, 15) is 9.18 Å². The van der Waals surface area contributed by atoms with Gasteiger partial charge in [0.05, 0.1) is 12.8 Å². The first-order chi connectivity index (χ1) is 11.6. The van der Waals surface area contributed by atoms with E-state index in [-0.39, 0.29) is 18.3 Å². The molecule has 0 radical (unpaired) electrons. The lowest BCUT2D eigenvalue weighted by Crippen LogP contribution is -2.12. The summed E-state index contributed by atoms with van der Waals surface area (Å²) < 4.78 is 24.9. The van der Waals surface area contributed by atoms with Crippen molar-refractivity contribution < 1.29 is 18.7 Å². The zero-order chi connectivity index (χ0) is 17.4. The fourth-order valence-electron chi connectivity index (χ4n) is 1.96. The minimum atomic E-state index is -0.311. The van der Waals surface area contributed by atoms with Crippen molar-refractivity contribution in [2.75, 3.05) is 6.61 Å². The lowest BCUT2D eigenvalue weighted by molar-refractivity contribution is -0.118. The maximum Gasteiger partial charge on any atom is 0.236 e. The number of halogens is 1. The van der Waals surface area contributed by atoms with Crippen LogP contribution < -0.4 is 14.9 Å². The molecule has 2 rings (SSSR count). The topological polar surface area (TPSA) is 59.9 Å². The first-order valence-electron chi connectivity index (χ1n) is 7.53. The van der Waals surface area contributed by atoms with Gasteiger partial charge in [0.25, 0.3) is 0 Å². The predicted octanol–water partition coefficient (Wildman–Crippen LogP) is 3.27. The highest BCUT2D eigenvalue weighted by atomic mass is 19.1. The molecule has 2 aromatic carbocycles. The lowest BCUT2D eigenvalue weighted by Gasteiger charge is -2.13. The van der Waals surface area contributed by atoms with Crippen LogP contribution in [0.2, 0.25) is 0 Å².